The summed E-state index contributed by atoms with van der Waals surface area (Å²) in [7, 11) is 0. The van der Waals surface area contributed by atoms with E-state index in [0.29, 0.717) is 45.0 Å². The summed E-state index contributed by atoms with van der Waals surface area (Å²) in [6.45, 7) is 0. The first-order valence-corrected chi connectivity index (χ1v) is 13.0. The Labute approximate surface area is 242 Å². The lowest BCUT2D eigenvalue weighted by molar-refractivity contribution is 0.101. The standard InChI is InChI=1S/C34H26N4O4/c39-31-17-15-27(37-33(41)23-9-3-1-4-10-23)19-25(31)21-35-29-13-7-8-14-30(29)36-22-26-20-28(16-18-32(26)40)38-34(42)24-11-5-2-6-12-24/h1-22,39-40H,(H,37,41)(H,38,42). The summed E-state index contributed by atoms with van der Waals surface area (Å²) in [6.07, 6.45) is 2.97. The molecule has 0 atom stereocenters. The Kier molecular flexibility index (Phi) is 8.45. The fourth-order valence-corrected chi connectivity index (χ4v) is 4.02. The van der Waals surface area contributed by atoms with E-state index in [2.05, 4.69) is 20.6 Å². The highest BCUT2D eigenvalue weighted by molar-refractivity contribution is 6.05. The molecule has 5 aromatic rings. The van der Waals surface area contributed by atoms with Gasteiger partial charge in [-0.3, -0.25) is 19.6 Å². The second kappa shape index (κ2) is 12.9. The smallest absolute Gasteiger partial charge is 0.255 e. The fourth-order valence-electron chi connectivity index (χ4n) is 4.02. The number of carbonyl (C=O) groups is 2. The van der Waals surface area contributed by atoms with Crippen molar-refractivity contribution in [1.82, 2.24) is 0 Å². The van der Waals surface area contributed by atoms with Gasteiger partial charge in [0.05, 0.1) is 11.4 Å². The predicted octanol–water partition coefficient (Wildman–Crippen LogP) is 7.10. The molecular weight excluding hydrogens is 528 g/mol. The molecule has 0 aliphatic heterocycles. The largest absolute Gasteiger partial charge is 0.507 e. The van der Waals surface area contributed by atoms with Crippen LogP contribution in [0, 0.1) is 0 Å². The average Bonchev–Trinajstić information content (AvgIpc) is 3.02. The van der Waals surface area contributed by atoms with Crippen LogP contribution in [0.1, 0.15) is 31.8 Å². The van der Waals surface area contributed by atoms with E-state index in [1.807, 2.05) is 12.1 Å². The number of nitrogens with one attached hydrogen (secondary N) is 2. The molecule has 0 aliphatic carbocycles. The first-order valence-electron chi connectivity index (χ1n) is 13.0. The van der Waals surface area contributed by atoms with Crippen molar-refractivity contribution >= 4 is 47.0 Å². The van der Waals surface area contributed by atoms with Gasteiger partial charge in [-0.05, 0) is 72.8 Å². The number of amides is 2. The number of phenolic OH excluding ortho intramolecular Hbond substituents is 2. The zero-order valence-electron chi connectivity index (χ0n) is 22.3. The fraction of sp³-hybridized carbons (Fsp3) is 0. The van der Waals surface area contributed by atoms with Crippen LogP contribution in [0.15, 0.2) is 131 Å². The number of nitrogens with zero attached hydrogens (tertiary/aromatic N) is 2. The van der Waals surface area contributed by atoms with Crippen LogP contribution in [-0.2, 0) is 0 Å². The topological polar surface area (TPSA) is 123 Å². The minimum atomic E-state index is -0.268. The first kappa shape index (κ1) is 27.5. The number of aromatic hydroxyl groups is 2. The summed E-state index contributed by atoms with van der Waals surface area (Å²) >= 11 is 0. The molecular formula is C34H26N4O4. The third kappa shape index (κ3) is 6.94. The second-order valence-electron chi connectivity index (χ2n) is 9.19. The van der Waals surface area contributed by atoms with E-state index >= 15 is 0 Å². The van der Waals surface area contributed by atoms with Gasteiger partial charge in [0.1, 0.15) is 11.5 Å². The van der Waals surface area contributed by atoms with Crippen molar-refractivity contribution < 1.29 is 19.8 Å². The second-order valence-corrected chi connectivity index (χ2v) is 9.19. The van der Waals surface area contributed by atoms with Gasteiger partial charge < -0.3 is 20.8 Å². The Bertz CT molecular complexity index is 1650. The molecule has 0 heterocycles. The molecule has 5 rings (SSSR count). The molecule has 8 nitrogen and oxygen atoms in total. The molecule has 0 spiro atoms. The minimum Gasteiger partial charge on any atom is -0.507 e. The summed E-state index contributed by atoms with van der Waals surface area (Å²) < 4.78 is 0. The first-order chi connectivity index (χ1) is 20.5. The van der Waals surface area contributed by atoms with Crippen molar-refractivity contribution in [2.45, 2.75) is 0 Å². The highest BCUT2D eigenvalue weighted by Crippen LogP contribution is 2.29. The van der Waals surface area contributed by atoms with Gasteiger partial charge in [-0.2, -0.15) is 0 Å². The highest BCUT2D eigenvalue weighted by Gasteiger charge is 2.09. The molecule has 0 radical (unpaired) electrons. The van der Waals surface area contributed by atoms with Gasteiger partial charge in [0.25, 0.3) is 11.8 Å². The number of carbonyl (C=O) groups excluding carboxylic acids is 2. The predicted molar refractivity (Wildman–Crippen MR) is 166 cm³/mol. The van der Waals surface area contributed by atoms with E-state index in [0.717, 1.165) is 0 Å². The van der Waals surface area contributed by atoms with Crippen molar-refractivity contribution in [3.8, 4) is 11.5 Å². The summed E-state index contributed by atoms with van der Waals surface area (Å²) in [5.74, 6) is -0.542. The zero-order valence-corrected chi connectivity index (χ0v) is 22.3. The number of para-hydroxylation sites is 2. The van der Waals surface area contributed by atoms with E-state index in [1.165, 1.54) is 24.6 Å². The van der Waals surface area contributed by atoms with Crippen molar-refractivity contribution in [2.75, 3.05) is 10.6 Å². The monoisotopic (exact) mass is 554 g/mol. The van der Waals surface area contributed by atoms with Gasteiger partial charge in [0.15, 0.2) is 0 Å². The van der Waals surface area contributed by atoms with Gasteiger partial charge in [-0.25, -0.2) is 0 Å². The van der Waals surface area contributed by atoms with Crippen LogP contribution in [0.5, 0.6) is 11.5 Å². The Morgan fingerprint density at radius 1 is 0.524 bits per heavy atom. The maximum absolute atomic E-state index is 12.5. The molecule has 0 fully saturated rings. The molecule has 0 aliphatic rings. The lowest BCUT2D eigenvalue weighted by Gasteiger charge is -2.08. The molecule has 0 saturated carbocycles. The Balaban J connectivity index is 1.33. The molecule has 0 aromatic heterocycles. The van der Waals surface area contributed by atoms with Crippen LogP contribution >= 0.6 is 0 Å². The van der Waals surface area contributed by atoms with Crippen molar-refractivity contribution in [2.24, 2.45) is 9.98 Å². The molecule has 0 saturated heterocycles. The van der Waals surface area contributed by atoms with Gasteiger partial charge in [-0.1, -0.05) is 48.5 Å². The normalized spacial score (nSPS) is 11.0. The summed E-state index contributed by atoms with van der Waals surface area (Å²) in [6, 6.07) is 34.2. The molecule has 42 heavy (non-hydrogen) atoms. The maximum Gasteiger partial charge on any atom is 0.255 e. The maximum atomic E-state index is 12.5. The number of anilines is 2. The third-order valence-corrected chi connectivity index (χ3v) is 6.21. The summed E-state index contributed by atoms with van der Waals surface area (Å²) in [5.41, 5.74) is 3.87. The number of hydrogen-bond acceptors (Lipinski definition) is 6. The minimum absolute atomic E-state index is 0.00303. The number of aliphatic imine (C=N–C) groups is 2. The van der Waals surface area contributed by atoms with E-state index in [1.54, 1.807) is 97.1 Å². The van der Waals surface area contributed by atoms with E-state index < -0.39 is 0 Å². The van der Waals surface area contributed by atoms with Crippen molar-refractivity contribution in [1.29, 1.82) is 0 Å². The summed E-state index contributed by atoms with van der Waals surface area (Å²) in [5, 5.41) is 26.4. The third-order valence-electron chi connectivity index (χ3n) is 6.21. The lowest BCUT2D eigenvalue weighted by atomic mass is 10.1. The zero-order chi connectivity index (χ0) is 29.3. The van der Waals surface area contributed by atoms with Crippen molar-refractivity contribution in [3.63, 3.8) is 0 Å². The average molecular weight is 555 g/mol. The summed E-state index contributed by atoms with van der Waals surface area (Å²) in [4.78, 5) is 34.1. The van der Waals surface area contributed by atoms with Crippen LogP contribution in [0.4, 0.5) is 22.7 Å². The molecule has 0 bridgehead atoms. The molecule has 0 unspecified atom stereocenters. The van der Waals surface area contributed by atoms with Crippen molar-refractivity contribution in [3.05, 3.63) is 144 Å². The number of rotatable bonds is 8. The lowest BCUT2D eigenvalue weighted by Crippen LogP contribution is -2.11. The highest BCUT2D eigenvalue weighted by atomic mass is 16.3. The van der Waals surface area contributed by atoms with Crippen LogP contribution in [0.3, 0.4) is 0 Å². The van der Waals surface area contributed by atoms with Crippen LogP contribution in [0.2, 0.25) is 0 Å². The van der Waals surface area contributed by atoms with Gasteiger partial charge in [0, 0.05) is 46.1 Å². The Morgan fingerprint density at radius 2 is 0.905 bits per heavy atom. The van der Waals surface area contributed by atoms with Crippen LogP contribution in [0.25, 0.3) is 0 Å². The van der Waals surface area contributed by atoms with Crippen LogP contribution in [-0.4, -0.2) is 34.5 Å². The van der Waals surface area contributed by atoms with E-state index in [9.17, 15) is 19.8 Å². The van der Waals surface area contributed by atoms with E-state index in [-0.39, 0.29) is 23.3 Å². The molecule has 8 heteroatoms. The number of hydrogen-bond donors (Lipinski definition) is 4. The molecule has 5 aromatic carbocycles. The molecule has 4 N–H and O–H groups in total. The van der Waals surface area contributed by atoms with Crippen LogP contribution < -0.4 is 10.6 Å². The van der Waals surface area contributed by atoms with Gasteiger partial charge >= 0.3 is 0 Å². The number of benzene rings is 5. The van der Waals surface area contributed by atoms with Gasteiger partial charge in [-0.15, -0.1) is 0 Å². The van der Waals surface area contributed by atoms with E-state index in [4.69, 9.17) is 0 Å². The Morgan fingerprint density at radius 3 is 1.31 bits per heavy atom. The SMILES string of the molecule is O=C(Nc1ccc(O)c(C=Nc2ccccc2N=Cc2cc(NC(=O)c3ccccc3)ccc2O)c1)c1ccccc1. The van der Waals surface area contributed by atoms with Gasteiger partial charge in [0.2, 0.25) is 0 Å². The molecule has 2 amide bonds. The quantitative estimate of drug-likeness (QED) is 0.121. The Hall–Kier alpha value is -6.02. The number of phenols is 2. The molecule has 206 valence electrons.